The summed E-state index contributed by atoms with van der Waals surface area (Å²) in [5.74, 6) is 1.21. The summed E-state index contributed by atoms with van der Waals surface area (Å²) in [4.78, 5) is 2.25. The third-order valence-electron chi connectivity index (χ3n) is 6.67. The highest BCUT2D eigenvalue weighted by atomic mass is 16.3. The van der Waals surface area contributed by atoms with Gasteiger partial charge >= 0.3 is 0 Å². The fourth-order valence-electron chi connectivity index (χ4n) is 5.04. The van der Waals surface area contributed by atoms with E-state index in [2.05, 4.69) is 62.3 Å². The Kier molecular flexibility index (Phi) is 8.11. The summed E-state index contributed by atoms with van der Waals surface area (Å²) in [5, 5.41) is 21.0. The van der Waals surface area contributed by atoms with Gasteiger partial charge in [0.25, 0.3) is 0 Å². The van der Waals surface area contributed by atoms with E-state index >= 15 is 0 Å². The number of nitrogens with zero attached hydrogens (tertiary/aromatic N) is 1. The maximum absolute atomic E-state index is 10.5. The van der Waals surface area contributed by atoms with E-state index in [-0.39, 0.29) is 12.0 Å². The second-order valence-corrected chi connectivity index (χ2v) is 9.49. The molecule has 3 nitrogen and oxygen atoms in total. The first-order valence-electron chi connectivity index (χ1n) is 11.4. The topological polar surface area (TPSA) is 43.7 Å². The first kappa shape index (κ1) is 22.3. The van der Waals surface area contributed by atoms with Gasteiger partial charge in [-0.1, -0.05) is 60.1 Å². The second kappa shape index (κ2) is 10.6. The third kappa shape index (κ3) is 6.53. The molecule has 0 heterocycles. The van der Waals surface area contributed by atoms with Crippen molar-refractivity contribution in [3.8, 4) is 0 Å². The van der Waals surface area contributed by atoms with Crippen molar-refractivity contribution in [2.24, 2.45) is 17.8 Å². The summed E-state index contributed by atoms with van der Waals surface area (Å²) >= 11 is 0. The number of fused-ring (bicyclic) bond motifs is 1. The Balaban J connectivity index is 1.46. The minimum atomic E-state index is -0.491. The van der Waals surface area contributed by atoms with Crippen LogP contribution in [0.1, 0.15) is 49.7 Å². The normalized spacial score (nSPS) is 27.6. The molecule has 29 heavy (non-hydrogen) atoms. The monoisotopic (exact) mass is 397 g/mol. The summed E-state index contributed by atoms with van der Waals surface area (Å²) < 4.78 is 0. The molecular formula is C26H39NO2. The maximum atomic E-state index is 10.5. The largest absolute Gasteiger partial charge is 0.392 e. The first-order valence-corrected chi connectivity index (χ1v) is 11.4. The number of allylic oxidation sites excluding steroid dienone is 2. The van der Waals surface area contributed by atoms with Gasteiger partial charge in [0.05, 0.1) is 12.2 Å². The Bertz CT molecular complexity index is 691. The zero-order valence-corrected chi connectivity index (χ0v) is 18.4. The van der Waals surface area contributed by atoms with Crippen LogP contribution in [0.2, 0.25) is 0 Å². The highest BCUT2D eigenvalue weighted by molar-refractivity contribution is 5.23. The number of aliphatic hydroxyl groups is 2. The van der Waals surface area contributed by atoms with Crippen molar-refractivity contribution in [3.63, 3.8) is 0 Å². The lowest BCUT2D eigenvalue weighted by atomic mass is 9.88. The number of benzene rings is 1. The average molecular weight is 398 g/mol. The molecule has 0 spiro atoms. The molecule has 0 unspecified atom stereocenters. The molecule has 1 fully saturated rings. The van der Waals surface area contributed by atoms with E-state index < -0.39 is 6.10 Å². The molecule has 0 amide bonds. The van der Waals surface area contributed by atoms with Crippen LogP contribution >= 0.6 is 0 Å². The molecule has 0 saturated heterocycles. The van der Waals surface area contributed by atoms with E-state index in [1.807, 2.05) is 6.08 Å². The minimum absolute atomic E-state index is 0.176. The number of hydrogen-bond donors (Lipinski definition) is 2. The molecule has 2 aliphatic carbocycles. The molecule has 0 aromatic heterocycles. The second-order valence-electron chi connectivity index (χ2n) is 9.49. The highest BCUT2D eigenvalue weighted by Gasteiger charge is 2.43. The van der Waals surface area contributed by atoms with Crippen molar-refractivity contribution < 1.29 is 10.2 Å². The lowest BCUT2D eigenvalue weighted by molar-refractivity contribution is 0.140. The van der Waals surface area contributed by atoms with Gasteiger partial charge in [-0.25, -0.2) is 0 Å². The van der Waals surface area contributed by atoms with Crippen molar-refractivity contribution >= 4 is 0 Å². The van der Waals surface area contributed by atoms with Crippen LogP contribution < -0.4 is 0 Å². The van der Waals surface area contributed by atoms with Crippen LogP contribution in [0.5, 0.6) is 0 Å². The van der Waals surface area contributed by atoms with E-state index in [1.165, 1.54) is 37.8 Å². The van der Waals surface area contributed by atoms with Gasteiger partial charge in [0.15, 0.2) is 0 Å². The fourth-order valence-corrected chi connectivity index (χ4v) is 5.04. The molecule has 3 heteroatoms. The molecule has 160 valence electrons. The summed E-state index contributed by atoms with van der Waals surface area (Å²) in [7, 11) is 4.27. The van der Waals surface area contributed by atoms with Gasteiger partial charge < -0.3 is 15.1 Å². The number of rotatable bonds is 10. The summed E-state index contributed by atoms with van der Waals surface area (Å²) in [6.45, 7) is 3.25. The zero-order valence-electron chi connectivity index (χ0n) is 18.4. The van der Waals surface area contributed by atoms with Gasteiger partial charge in [-0.2, -0.15) is 0 Å². The van der Waals surface area contributed by atoms with Gasteiger partial charge in [-0.3, -0.25) is 0 Å². The number of unbranched alkanes of at least 4 members (excludes halogenated alkanes) is 2. The number of aliphatic hydroxyl groups excluding tert-OH is 2. The van der Waals surface area contributed by atoms with Gasteiger partial charge in [-0.15, -0.1) is 0 Å². The van der Waals surface area contributed by atoms with Crippen molar-refractivity contribution in [3.05, 3.63) is 59.2 Å². The van der Waals surface area contributed by atoms with Crippen LogP contribution in [0.15, 0.2) is 48.1 Å². The summed E-state index contributed by atoms with van der Waals surface area (Å²) in [6.07, 6.45) is 13.4. The van der Waals surface area contributed by atoms with Gasteiger partial charge in [0, 0.05) is 12.3 Å². The Morgan fingerprint density at radius 1 is 1.14 bits per heavy atom. The fraction of sp³-hybridized carbons (Fsp3) is 0.615. The van der Waals surface area contributed by atoms with Crippen molar-refractivity contribution in [2.45, 2.75) is 64.1 Å². The van der Waals surface area contributed by atoms with Crippen molar-refractivity contribution in [1.29, 1.82) is 0 Å². The average Bonchev–Trinajstić information content (AvgIpc) is 3.18. The van der Waals surface area contributed by atoms with Crippen LogP contribution in [0.3, 0.4) is 0 Å². The van der Waals surface area contributed by atoms with Crippen molar-refractivity contribution in [1.82, 2.24) is 4.90 Å². The molecule has 0 bridgehead atoms. The lowest BCUT2D eigenvalue weighted by Gasteiger charge is -2.19. The lowest BCUT2D eigenvalue weighted by Crippen LogP contribution is -2.18. The van der Waals surface area contributed by atoms with E-state index in [1.54, 1.807) is 5.57 Å². The highest BCUT2D eigenvalue weighted by Crippen LogP contribution is 2.48. The van der Waals surface area contributed by atoms with E-state index in [0.717, 1.165) is 18.4 Å². The van der Waals surface area contributed by atoms with Gasteiger partial charge in [0.1, 0.15) is 0 Å². The van der Waals surface area contributed by atoms with Gasteiger partial charge in [-0.05, 0) is 77.1 Å². The summed E-state index contributed by atoms with van der Waals surface area (Å²) in [6, 6.07) is 8.34. The Morgan fingerprint density at radius 2 is 1.90 bits per heavy atom. The molecular weight excluding hydrogens is 358 g/mol. The third-order valence-corrected chi connectivity index (χ3v) is 6.67. The van der Waals surface area contributed by atoms with E-state index in [9.17, 15) is 10.2 Å². The van der Waals surface area contributed by atoms with Crippen LogP contribution in [-0.2, 0) is 6.42 Å². The summed E-state index contributed by atoms with van der Waals surface area (Å²) in [5.41, 5.74) is 3.98. The Labute approximate surface area is 177 Å². The smallest absolute Gasteiger partial charge is 0.0761 e. The van der Waals surface area contributed by atoms with Gasteiger partial charge in [0.2, 0.25) is 0 Å². The molecule has 5 atom stereocenters. The zero-order chi connectivity index (χ0) is 20.8. The van der Waals surface area contributed by atoms with Crippen LogP contribution in [0, 0.1) is 24.7 Å². The molecule has 1 aromatic rings. The standard InChI is InChI=1S/C26H39NO2/c1-19-8-10-20(11-9-19)16-23(28)12-13-24-25-17-21(15-22(25)18-26(24)29)7-5-4-6-14-27(2)3/h8-13,15,22-26,28-29H,4-7,14,16-18H2,1-3H3/b13-12+/t22-,23-,24+,25-,26+/m0/s1. The molecule has 0 aliphatic heterocycles. The molecule has 3 rings (SSSR count). The van der Waals surface area contributed by atoms with Crippen molar-refractivity contribution in [2.75, 3.05) is 20.6 Å². The first-order chi connectivity index (χ1) is 13.9. The molecule has 0 radical (unpaired) electrons. The van der Waals surface area contributed by atoms with Crippen LogP contribution in [0.4, 0.5) is 0 Å². The quantitative estimate of drug-likeness (QED) is 0.451. The Morgan fingerprint density at radius 3 is 2.62 bits per heavy atom. The number of hydrogen-bond acceptors (Lipinski definition) is 3. The SMILES string of the molecule is Cc1ccc(C[C@@H](O)/C=C/[C@@H]2[C@H]3CC(CCCCCN(C)C)=C[C@H]3C[C@H]2O)cc1. The van der Waals surface area contributed by atoms with Crippen LogP contribution in [-0.4, -0.2) is 48.0 Å². The molecule has 2 aliphatic rings. The molecule has 2 N–H and O–H groups in total. The maximum Gasteiger partial charge on any atom is 0.0761 e. The van der Waals surface area contributed by atoms with E-state index in [0.29, 0.717) is 18.3 Å². The number of aryl methyl sites for hydroxylation is 1. The minimum Gasteiger partial charge on any atom is -0.392 e. The predicted molar refractivity (Wildman–Crippen MR) is 121 cm³/mol. The molecule has 1 saturated carbocycles. The molecule has 1 aromatic carbocycles. The Hall–Kier alpha value is -1.42. The van der Waals surface area contributed by atoms with E-state index in [4.69, 9.17) is 0 Å². The van der Waals surface area contributed by atoms with Crippen LogP contribution in [0.25, 0.3) is 0 Å². The predicted octanol–water partition coefficient (Wildman–Crippen LogP) is 4.52.